The number of halogens is 3. The summed E-state index contributed by atoms with van der Waals surface area (Å²) in [6.45, 7) is 0.111. The first-order valence-corrected chi connectivity index (χ1v) is 6.83. The molecule has 6 heteroatoms. The van der Waals surface area contributed by atoms with Crippen LogP contribution in [-0.4, -0.2) is 11.7 Å². The molecule has 0 aliphatic heterocycles. The molecule has 0 aliphatic rings. The van der Waals surface area contributed by atoms with E-state index in [4.69, 9.17) is 28.5 Å². The Kier molecular flexibility index (Phi) is 5.03. The maximum atomic E-state index is 13.0. The third kappa shape index (κ3) is 3.85. The van der Waals surface area contributed by atoms with Gasteiger partial charge in [-0.2, -0.15) is 5.26 Å². The molecule has 0 spiro atoms. The fourth-order valence-corrected chi connectivity index (χ4v) is 2.27. The lowest BCUT2D eigenvalue weighted by Gasteiger charge is -2.15. The van der Waals surface area contributed by atoms with Crippen molar-refractivity contribution >= 4 is 28.9 Å². The molecule has 108 valence electrons. The van der Waals surface area contributed by atoms with Crippen molar-refractivity contribution in [2.75, 3.05) is 11.9 Å². The zero-order valence-electron chi connectivity index (χ0n) is 10.8. The number of aliphatic hydroxyl groups is 1. The molecule has 21 heavy (non-hydrogen) atoms. The molecule has 2 aromatic rings. The summed E-state index contributed by atoms with van der Waals surface area (Å²) in [6.07, 6.45) is -0.909. The van der Waals surface area contributed by atoms with Gasteiger partial charge in [0.2, 0.25) is 0 Å². The van der Waals surface area contributed by atoms with Gasteiger partial charge in [0.15, 0.2) is 0 Å². The summed E-state index contributed by atoms with van der Waals surface area (Å²) in [4.78, 5) is 0. The zero-order valence-corrected chi connectivity index (χ0v) is 12.3. The highest BCUT2D eigenvalue weighted by Gasteiger charge is 2.13. The lowest BCUT2D eigenvalue weighted by molar-refractivity contribution is 0.192. The van der Waals surface area contributed by atoms with E-state index in [2.05, 4.69) is 5.32 Å². The molecular weight excluding hydrogens is 314 g/mol. The molecule has 0 heterocycles. The van der Waals surface area contributed by atoms with Crippen LogP contribution >= 0.6 is 23.2 Å². The van der Waals surface area contributed by atoms with Crippen LogP contribution in [0.15, 0.2) is 36.4 Å². The average Bonchev–Trinajstić information content (AvgIpc) is 2.48. The van der Waals surface area contributed by atoms with Gasteiger partial charge < -0.3 is 10.4 Å². The average molecular weight is 325 g/mol. The molecule has 1 unspecified atom stereocenters. The van der Waals surface area contributed by atoms with E-state index in [-0.39, 0.29) is 12.1 Å². The van der Waals surface area contributed by atoms with Crippen molar-refractivity contribution in [3.05, 3.63) is 63.4 Å². The van der Waals surface area contributed by atoms with Gasteiger partial charge in [-0.15, -0.1) is 0 Å². The molecule has 0 aromatic heterocycles. The Morgan fingerprint density at radius 1 is 1.24 bits per heavy atom. The first-order chi connectivity index (χ1) is 10.0. The SMILES string of the molecule is N#Cc1cc(F)ccc1NCC(O)c1cc(Cl)ccc1Cl. The molecule has 0 amide bonds. The van der Waals surface area contributed by atoms with Crippen molar-refractivity contribution in [2.24, 2.45) is 0 Å². The Morgan fingerprint density at radius 2 is 2.00 bits per heavy atom. The largest absolute Gasteiger partial charge is 0.387 e. The zero-order chi connectivity index (χ0) is 15.4. The van der Waals surface area contributed by atoms with Gasteiger partial charge >= 0.3 is 0 Å². The Hall–Kier alpha value is -1.80. The molecular formula is C15H11Cl2FN2O. The van der Waals surface area contributed by atoms with Crippen molar-refractivity contribution < 1.29 is 9.50 Å². The van der Waals surface area contributed by atoms with Crippen molar-refractivity contribution in [1.29, 1.82) is 5.26 Å². The summed E-state index contributed by atoms with van der Waals surface area (Å²) in [5.74, 6) is -0.490. The topological polar surface area (TPSA) is 56.0 Å². The smallest absolute Gasteiger partial charge is 0.124 e. The number of aliphatic hydroxyl groups excluding tert-OH is 1. The predicted molar refractivity (Wildman–Crippen MR) is 81.0 cm³/mol. The lowest BCUT2D eigenvalue weighted by atomic mass is 10.1. The van der Waals surface area contributed by atoms with Crippen LogP contribution in [0.25, 0.3) is 0 Å². The third-order valence-corrected chi connectivity index (χ3v) is 3.48. The summed E-state index contributed by atoms with van der Waals surface area (Å²) in [7, 11) is 0. The number of hydrogen-bond acceptors (Lipinski definition) is 3. The Balaban J connectivity index is 2.13. The van der Waals surface area contributed by atoms with Gasteiger partial charge in [0.05, 0.1) is 17.4 Å². The van der Waals surface area contributed by atoms with Crippen LogP contribution in [0.1, 0.15) is 17.2 Å². The van der Waals surface area contributed by atoms with Crippen LogP contribution in [-0.2, 0) is 0 Å². The summed E-state index contributed by atoms with van der Waals surface area (Å²) in [6, 6.07) is 10.5. The van der Waals surface area contributed by atoms with Crippen LogP contribution in [0, 0.1) is 17.1 Å². The fourth-order valence-electron chi connectivity index (χ4n) is 1.85. The van der Waals surface area contributed by atoms with Crippen LogP contribution in [0.5, 0.6) is 0 Å². The van der Waals surface area contributed by atoms with Gasteiger partial charge in [0.25, 0.3) is 0 Å². The van der Waals surface area contributed by atoms with E-state index in [9.17, 15) is 9.50 Å². The molecule has 0 aliphatic carbocycles. The highest BCUT2D eigenvalue weighted by Crippen LogP contribution is 2.27. The molecule has 1 atom stereocenters. The summed E-state index contributed by atoms with van der Waals surface area (Å²) < 4.78 is 13.0. The number of nitrogens with one attached hydrogen (secondary N) is 1. The third-order valence-electron chi connectivity index (χ3n) is 2.90. The molecule has 2 rings (SSSR count). The summed E-state index contributed by atoms with van der Waals surface area (Å²) in [5, 5.41) is 22.8. The summed E-state index contributed by atoms with van der Waals surface area (Å²) >= 11 is 11.9. The molecule has 0 bridgehead atoms. The number of nitrogens with zero attached hydrogens (tertiary/aromatic N) is 1. The van der Waals surface area contributed by atoms with Crippen LogP contribution in [0.2, 0.25) is 10.0 Å². The number of benzene rings is 2. The van der Waals surface area contributed by atoms with Gasteiger partial charge in [-0.1, -0.05) is 23.2 Å². The van der Waals surface area contributed by atoms with Crippen molar-refractivity contribution in [3.8, 4) is 6.07 Å². The molecule has 2 N–H and O–H groups in total. The maximum absolute atomic E-state index is 13.0. The highest BCUT2D eigenvalue weighted by molar-refractivity contribution is 6.33. The predicted octanol–water partition coefficient (Wildman–Crippen LogP) is 4.15. The van der Waals surface area contributed by atoms with Gasteiger partial charge in [-0.3, -0.25) is 0 Å². The second-order valence-electron chi connectivity index (χ2n) is 4.36. The Labute approximate surface area is 131 Å². The van der Waals surface area contributed by atoms with Gasteiger partial charge in [0.1, 0.15) is 11.9 Å². The first kappa shape index (κ1) is 15.6. The van der Waals surface area contributed by atoms with E-state index < -0.39 is 11.9 Å². The minimum absolute atomic E-state index is 0.111. The standard InChI is InChI=1S/C15H11Cl2FN2O/c16-10-1-3-13(17)12(6-10)15(21)8-20-14-4-2-11(18)5-9(14)7-19/h1-6,15,20-21H,8H2. The minimum atomic E-state index is -0.909. The van der Waals surface area contributed by atoms with Crippen LogP contribution in [0.3, 0.4) is 0 Å². The van der Waals surface area contributed by atoms with Crippen LogP contribution < -0.4 is 5.32 Å². The van der Waals surface area contributed by atoms with Crippen molar-refractivity contribution in [3.63, 3.8) is 0 Å². The molecule has 3 nitrogen and oxygen atoms in total. The molecule has 0 saturated heterocycles. The fraction of sp³-hybridized carbons (Fsp3) is 0.133. The van der Waals surface area contributed by atoms with E-state index in [0.717, 1.165) is 6.07 Å². The molecule has 0 fully saturated rings. The van der Waals surface area contributed by atoms with E-state index in [1.165, 1.54) is 12.1 Å². The number of hydrogen-bond donors (Lipinski definition) is 2. The minimum Gasteiger partial charge on any atom is -0.387 e. The van der Waals surface area contributed by atoms with Crippen LogP contribution in [0.4, 0.5) is 10.1 Å². The monoisotopic (exact) mass is 324 g/mol. The molecule has 0 saturated carbocycles. The number of rotatable bonds is 4. The molecule has 2 aromatic carbocycles. The maximum Gasteiger partial charge on any atom is 0.124 e. The van der Waals surface area contributed by atoms with E-state index in [0.29, 0.717) is 21.3 Å². The van der Waals surface area contributed by atoms with E-state index >= 15 is 0 Å². The van der Waals surface area contributed by atoms with E-state index in [1.54, 1.807) is 18.2 Å². The second-order valence-corrected chi connectivity index (χ2v) is 5.21. The normalized spacial score (nSPS) is 11.8. The second kappa shape index (κ2) is 6.77. The Bertz CT molecular complexity index is 701. The van der Waals surface area contributed by atoms with Gasteiger partial charge in [-0.05, 0) is 36.4 Å². The van der Waals surface area contributed by atoms with E-state index in [1.807, 2.05) is 6.07 Å². The number of anilines is 1. The van der Waals surface area contributed by atoms with Gasteiger partial charge in [0, 0.05) is 22.2 Å². The quantitative estimate of drug-likeness (QED) is 0.888. The van der Waals surface area contributed by atoms with Gasteiger partial charge in [-0.25, -0.2) is 4.39 Å². The molecule has 0 radical (unpaired) electrons. The van der Waals surface area contributed by atoms with Crippen molar-refractivity contribution in [2.45, 2.75) is 6.10 Å². The number of nitriles is 1. The highest BCUT2D eigenvalue weighted by atomic mass is 35.5. The Morgan fingerprint density at radius 3 is 2.71 bits per heavy atom. The van der Waals surface area contributed by atoms with Crippen molar-refractivity contribution in [1.82, 2.24) is 0 Å². The lowest BCUT2D eigenvalue weighted by Crippen LogP contribution is -2.13. The first-order valence-electron chi connectivity index (χ1n) is 6.08. The summed E-state index contributed by atoms with van der Waals surface area (Å²) in [5.41, 5.74) is 1.09.